The van der Waals surface area contributed by atoms with Crippen molar-refractivity contribution in [3.63, 3.8) is 0 Å². The summed E-state index contributed by atoms with van der Waals surface area (Å²) in [5, 5.41) is 11.8. The third-order valence-electron chi connectivity index (χ3n) is 6.69. The highest BCUT2D eigenvalue weighted by Crippen LogP contribution is 2.44. The lowest BCUT2D eigenvalue weighted by Crippen LogP contribution is -1.90. The molecule has 7 aromatic carbocycles. The number of hydrogen-bond acceptors (Lipinski definition) is 0. The fraction of sp³-hybridized carbons (Fsp3) is 0. The van der Waals surface area contributed by atoms with E-state index in [1.807, 2.05) is 30.3 Å². The number of halogens is 1. The molecule has 0 N–H and O–H groups in total. The first-order chi connectivity index (χ1) is 15.3. The minimum Gasteiger partial charge on any atom is -0.206 e. The summed E-state index contributed by atoms with van der Waals surface area (Å²) in [6.07, 6.45) is 0. The van der Waals surface area contributed by atoms with Gasteiger partial charge in [-0.25, -0.2) is 4.39 Å². The SMILES string of the molecule is Fc1ccc(-c2ccc3c4cccc5cccc(c6cccc2c63)c54)c2ccccc12. The molecule has 1 heteroatoms. The van der Waals surface area contributed by atoms with Crippen molar-refractivity contribution in [2.24, 2.45) is 0 Å². The van der Waals surface area contributed by atoms with Crippen LogP contribution in [0.2, 0.25) is 0 Å². The standard InChI is InChI=1S/C30H17F/c31-28-17-16-20(19-8-1-2-9-22(19)28)21-14-15-27-25-11-4-7-18-6-3-10-24(29(18)25)26-13-5-12-23(21)30(26)27/h1-17H. The topological polar surface area (TPSA) is 0 Å². The molecule has 144 valence electrons. The van der Waals surface area contributed by atoms with Crippen LogP contribution in [0.1, 0.15) is 0 Å². The van der Waals surface area contributed by atoms with Crippen LogP contribution in [0.15, 0.2) is 103 Å². The molecule has 0 fully saturated rings. The van der Waals surface area contributed by atoms with Crippen LogP contribution in [0.25, 0.3) is 65.0 Å². The summed E-state index contributed by atoms with van der Waals surface area (Å²) in [6, 6.07) is 35.4. The first-order valence-corrected chi connectivity index (χ1v) is 10.6. The average Bonchev–Trinajstić information content (AvgIpc) is 2.83. The molecule has 7 aromatic rings. The highest BCUT2D eigenvalue weighted by molar-refractivity contribution is 6.34. The molecule has 0 aliphatic heterocycles. The maximum absolute atomic E-state index is 14.5. The predicted octanol–water partition coefficient (Wildman–Crippen LogP) is 8.70. The zero-order chi connectivity index (χ0) is 20.5. The Kier molecular flexibility index (Phi) is 3.26. The van der Waals surface area contributed by atoms with E-state index in [2.05, 4.69) is 66.7 Å². The molecule has 0 aromatic heterocycles. The predicted molar refractivity (Wildman–Crippen MR) is 131 cm³/mol. The van der Waals surface area contributed by atoms with Crippen molar-refractivity contribution in [2.45, 2.75) is 0 Å². The van der Waals surface area contributed by atoms with E-state index in [-0.39, 0.29) is 5.82 Å². The molecular formula is C30H17F. The van der Waals surface area contributed by atoms with Crippen LogP contribution >= 0.6 is 0 Å². The summed E-state index contributed by atoms with van der Waals surface area (Å²) in [7, 11) is 0. The van der Waals surface area contributed by atoms with Crippen molar-refractivity contribution in [2.75, 3.05) is 0 Å². The molecule has 0 aliphatic rings. The number of hydrogen-bond donors (Lipinski definition) is 0. The zero-order valence-corrected chi connectivity index (χ0v) is 16.7. The third-order valence-corrected chi connectivity index (χ3v) is 6.69. The molecule has 0 saturated carbocycles. The van der Waals surface area contributed by atoms with Gasteiger partial charge in [0.15, 0.2) is 0 Å². The summed E-state index contributed by atoms with van der Waals surface area (Å²) >= 11 is 0. The lowest BCUT2D eigenvalue weighted by molar-refractivity contribution is 0.640. The normalized spacial score (nSPS) is 12.0. The van der Waals surface area contributed by atoms with Crippen LogP contribution in [-0.2, 0) is 0 Å². The van der Waals surface area contributed by atoms with Gasteiger partial charge < -0.3 is 0 Å². The molecular weight excluding hydrogens is 379 g/mol. The molecule has 0 nitrogen and oxygen atoms in total. The molecule has 0 saturated heterocycles. The molecule has 7 rings (SSSR count). The zero-order valence-electron chi connectivity index (χ0n) is 16.7. The van der Waals surface area contributed by atoms with Gasteiger partial charge in [0, 0.05) is 5.39 Å². The summed E-state index contributed by atoms with van der Waals surface area (Å²) in [5.41, 5.74) is 2.21. The lowest BCUT2D eigenvalue weighted by Gasteiger charge is -2.17. The molecule has 0 amide bonds. The van der Waals surface area contributed by atoms with Gasteiger partial charge in [0.05, 0.1) is 0 Å². The molecule has 0 heterocycles. The summed E-state index contributed by atoms with van der Waals surface area (Å²) < 4.78 is 14.5. The minimum absolute atomic E-state index is 0.178. The number of benzene rings is 7. The molecule has 0 radical (unpaired) electrons. The van der Waals surface area contributed by atoms with Crippen LogP contribution in [-0.4, -0.2) is 0 Å². The van der Waals surface area contributed by atoms with Crippen LogP contribution < -0.4 is 0 Å². The van der Waals surface area contributed by atoms with E-state index >= 15 is 0 Å². The molecule has 0 spiro atoms. The van der Waals surface area contributed by atoms with E-state index in [0.717, 1.165) is 16.5 Å². The smallest absolute Gasteiger partial charge is 0.131 e. The highest BCUT2D eigenvalue weighted by Gasteiger charge is 2.16. The second-order valence-electron chi connectivity index (χ2n) is 8.24. The van der Waals surface area contributed by atoms with Gasteiger partial charge in [0.25, 0.3) is 0 Å². The Balaban J connectivity index is 1.70. The monoisotopic (exact) mass is 396 g/mol. The Hall–Kier alpha value is -3.97. The third kappa shape index (κ3) is 2.18. The fourth-order valence-corrected chi connectivity index (χ4v) is 5.38. The van der Waals surface area contributed by atoms with Crippen molar-refractivity contribution >= 4 is 53.9 Å². The number of fused-ring (bicyclic) bond motifs is 3. The van der Waals surface area contributed by atoms with Crippen molar-refractivity contribution in [1.82, 2.24) is 0 Å². The van der Waals surface area contributed by atoms with Crippen molar-refractivity contribution in [1.29, 1.82) is 0 Å². The van der Waals surface area contributed by atoms with E-state index in [1.54, 1.807) is 6.07 Å². The van der Waals surface area contributed by atoms with Crippen molar-refractivity contribution in [3.05, 3.63) is 109 Å². The van der Waals surface area contributed by atoms with Gasteiger partial charge in [-0.3, -0.25) is 0 Å². The van der Waals surface area contributed by atoms with Gasteiger partial charge in [-0.15, -0.1) is 0 Å². The summed E-state index contributed by atoms with van der Waals surface area (Å²) in [6.45, 7) is 0. The Morgan fingerprint density at radius 2 is 0.871 bits per heavy atom. The fourth-order valence-electron chi connectivity index (χ4n) is 5.38. The largest absolute Gasteiger partial charge is 0.206 e. The second kappa shape index (κ2) is 6.02. The van der Waals surface area contributed by atoms with E-state index in [1.165, 1.54) is 43.1 Å². The average molecular weight is 396 g/mol. The van der Waals surface area contributed by atoms with Crippen LogP contribution in [0, 0.1) is 5.82 Å². The molecule has 31 heavy (non-hydrogen) atoms. The van der Waals surface area contributed by atoms with Gasteiger partial charge in [0.2, 0.25) is 0 Å². The van der Waals surface area contributed by atoms with Gasteiger partial charge >= 0.3 is 0 Å². The van der Waals surface area contributed by atoms with Gasteiger partial charge in [-0.1, -0.05) is 97.1 Å². The minimum atomic E-state index is -0.178. The first kappa shape index (κ1) is 16.8. The summed E-state index contributed by atoms with van der Waals surface area (Å²) in [4.78, 5) is 0. The first-order valence-electron chi connectivity index (χ1n) is 10.6. The molecule has 0 bridgehead atoms. The Labute approximate surface area is 178 Å². The maximum Gasteiger partial charge on any atom is 0.131 e. The van der Waals surface area contributed by atoms with E-state index in [4.69, 9.17) is 0 Å². The van der Waals surface area contributed by atoms with E-state index in [9.17, 15) is 4.39 Å². The quantitative estimate of drug-likeness (QED) is 0.192. The molecule has 0 atom stereocenters. The van der Waals surface area contributed by atoms with Crippen LogP contribution in [0.3, 0.4) is 0 Å². The Morgan fingerprint density at radius 3 is 1.65 bits per heavy atom. The van der Waals surface area contributed by atoms with E-state index in [0.29, 0.717) is 5.39 Å². The molecule has 0 unspecified atom stereocenters. The Morgan fingerprint density at radius 1 is 0.355 bits per heavy atom. The highest BCUT2D eigenvalue weighted by atomic mass is 19.1. The molecule has 0 aliphatic carbocycles. The van der Waals surface area contributed by atoms with Crippen LogP contribution in [0.4, 0.5) is 4.39 Å². The Bertz CT molecular complexity index is 1740. The van der Waals surface area contributed by atoms with Crippen molar-refractivity contribution < 1.29 is 4.39 Å². The second-order valence-corrected chi connectivity index (χ2v) is 8.24. The van der Waals surface area contributed by atoms with Crippen molar-refractivity contribution in [3.8, 4) is 11.1 Å². The number of rotatable bonds is 1. The van der Waals surface area contributed by atoms with Gasteiger partial charge in [0.1, 0.15) is 5.82 Å². The summed E-state index contributed by atoms with van der Waals surface area (Å²) in [5.74, 6) is -0.178. The van der Waals surface area contributed by atoms with Gasteiger partial charge in [-0.05, 0) is 65.7 Å². The van der Waals surface area contributed by atoms with E-state index < -0.39 is 0 Å². The maximum atomic E-state index is 14.5. The van der Waals surface area contributed by atoms with Gasteiger partial charge in [-0.2, -0.15) is 0 Å². The van der Waals surface area contributed by atoms with Crippen LogP contribution in [0.5, 0.6) is 0 Å². The lowest BCUT2D eigenvalue weighted by atomic mass is 9.86.